The second-order valence-corrected chi connectivity index (χ2v) is 5.50. The highest BCUT2D eigenvalue weighted by molar-refractivity contribution is 5.39. The third-order valence-electron chi connectivity index (χ3n) is 3.09. The van der Waals surface area contributed by atoms with Crippen LogP contribution in [0.5, 0.6) is 11.5 Å². The van der Waals surface area contributed by atoms with E-state index in [1.165, 1.54) is 6.07 Å². The molecule has 0 fully saturated rings. The van der Waals surface area contributed by atoms with Crippen LogP contribution in [0.4, 0.5) is 4.39 Å². The van der Waals surface area contributed by atoms with Crippen molar-refractivity contribution in [3.8, 4) is 11.5 Å². The van der Waals surface area contributed by atoms with Crippen molar-refractivity contribution in [2.24, 2.45) is 0 Å². The van der Waals surface area contributed by atoms with Gasteiger partial charge in [-0.05, 0) is 31.5 Å². The molecule has 2 rings (SSSR count). The molecule has 0 aliphatic heterocycles. The Hall–Kier alpha value is -1.94. The number of benzene rings is 1. The molecule has 0 radical (unpaired) electrons. The molecule has 1 aromatic heterocycles. The summed E-state index contributed by atoms with van der Waals surface area (Å²) in [6, 6.07) is 7.03. The van der Waals surface area contributed by atoms with Gasteiger partial charge in [0.2, 0.25) is 0 Å². The van der Waals surface area contributed by atoms with E-state index in [4.69, 9.17) is 4.74 Å². The minimum Gasteiger partial charge on any atom is -0.454 e. The molecule has 0 spiro atoms. The Kier molecular flexibility index (Phi) is 4.91. The first-order valence-electron chi connectivity index (χ1n) is 7.08. The van der Waals surface area contributed by atoms with E-state index in [2.05, 4.69) is 24.1 Å². The molecule has 4 heteroatoms. The number of hydrogen-bond acceptors (Lipinski definition) is 3. The fourth-order valence-electron chi connectivity index (χ4n) is 1.91. The SMILES string of the molecule is Cc1ccc(F)c(Oc2cc(C)ncc2CNC(C)C)c1. The van der Waals surface area contributed by atoms with Gasteiger partial charge in [-0.2, -0.15) is 0 Å². The molecular formula is C17H21FN2O. The van der Waals surface area contributed by atoms with E-state index in [1.54, 1.807) is 18.3 Å². The first kappa shape index (κ1) is 15.4. The molecule has 1 N–H and O–H groups in total. The first-order chi connectivity index (χ1) is 9.95. The third kappa shape index (κ3) is 4.26. The number of nitrogens with zero attached hydrogens (tertiary/aromatic N) is 1. The highest BCUT2D eigenvalue weighted by Gasteiger charge is 2.10. The summed E-state index contributed by atoms with van der Waals surface area (Å²) in [5.74, 6) is 0.518. The topological polar surface area (TPSA) is 34.1 Å². The molecule has 0 unspecified atom stereocenters. The van der Waals surface area contributed by atoms with Crippen LogP contribution in [0.15, 0.2) is 30.5 Å². The molecule has 0 amide bonds. The van der Waals surface area contributed by atoms with Gasteiger partial charge < -0.3 is 10.1 Å². The number of nitrogens with one attached hydrogen (secondary N) is 1. The summed E-state index contributed by atoms with van der Waals surface area (Å²) in [6.45, 7) is 8.57. The van der Waals surface area contributed by atoms with Gasteiger partial charge in [0.15, 0.2) is 11.6 Å². The number of halogens is 1. The standard InChI is InChI=1S/C17H21FN2O/c1-11(2)19-9-14-10-20-13(4)8-16(14)21-17-7-12(3)5-6-15(17)18/h5-8,10-11,19H,9H2,1-4H3. The molecule has 0 saturated carbocycles. The minimum atomic E-state index is -0.363. The number of ether oxygens (including phenoxy) is 1. The molecule has 3 nitrogen and oxygen atoms in total. The normalized spacial score (nSPS) is 11.0. The molecule has 0 aliphatic carbocycles. The monoisotopic (exact) mass is 288 g/mol. The Morgan fingerprint density at radius 2 is 1.95 bits per heavy atom. The lowest BCUT2D eigenvalue weighted by Gasteiger charge is -2.14. The number of hydrogen-bond donors (Lipinski definition) is 1. The zero-order chi connectivity index (χ0) is 15.4. The lowest BCUT2D eigenvalue weighted by atomic mass is 10.2. The molecule has 21 heavy (non-hydrogen) atoms. The molecule has 2 aromatic rings. The van der Waals surface area contributed by atoms with Gasteiger partial charge in [-0.3, -0.25) is 4.98 Å². The Balaban J connectivity index is 2.29. The average Bonchev–Trinajstić information content (AvgIpc) is 2.42. The molecule has 0 aliphatic rings. The lowest BCUT2D eigenvalue weighted by Crippen LogP contribution is -2.22. The predicted octanol–water partition coefficient (Wildman–Crippen LogP) is 4.13. The van der Waals surface area contributed by atoms with Crippen LogP contribution in [0.2, 0.25) is 0 Å². The molecule has 112 valence electrons. The van der Waals surface area contributed by atoms with Gasteiger partial charge in [0.25, 0.3) is 0 Å². The molecular weight excluding hydrogens is 267 g/mol. The number of pyridine rings is 1. The third-order valence-corrected chi connectivity index (χ3v) is 3.09. The van der Waals surface area contributed by atoms with E-state index in [1.807, 2.05) is 19.9 Å². The van der Waals surface area contributed by atoms with Gasteiger partial charge in [-0.15, -0.1) is 0 Å². The summed E-state index contributed by atoms with van der Waals surface area (Å²) in [5, 5.41) is 3.32. The summed E-state index contributed by atoms with van der Waals surface area (Å²) in [4.78, 5) is 4.29. The van der Waals surface area contributed by atoms with Crippen LogP contribution in [0, 0.1) is 19.7 Å². The summed E-state index contributed by atoms with van der Waals surface area (Å²) in [6.07, 6.45) is 1.77. The zero-order valence-electron chi connectivity index (χ0n) is 12.9. The van der Waals surface area contributed by atoms with E-state index < -0.39 is 0 Å². The minimum absolute atomic E-state index is 0.242. The second-order valence-electron chi connectivity index (χ2n) is 5.50. The fraction of sp³-hybridized carbons (Fsp3) is 0.353. The molecule has 0 atom stereocenters. The number of aryl methyl sites for hydroxylation is 2. The van der Waals surface area contributed by atoms with Crippen LogP contribution < -0.4 is 10.1 Å². The van der Waals surface area contributed by atoms with Crippen LogP contribution >= 0.6 is 0 Å². The molecule has 1 aromatic carbocycles. The summed E-state index contributed by atoms with van der Waals surface area (Å²) < 4.78 is 19.6. The van der Waals surface area contributed by atoms with Crippen molar-refractivity contribution in [3.05, 3.63) is 53.1 Å². The van der Waals surface area contributed by atoms with E-state index in [9.17, 15) is 4.39 Å². The van der Waals surface area contributed by atoms with Crippen molar-refractivity contribution in [3.63, 3.8) is 0 Å². The van der Waals surface area contributed by atoms with E-state index in [0.717, 1.165) is 16.8 Å². The number of aromatic nitrogens is 1. The zero-order valence-corrected chi connectivity index (χ0v) is 12.9. The van der Waals surface area contributed by atoms with Crippen LogP contribution in [0.3, 0.4) is 0 Å². The van der Waals surface area contributed by atoms with E-state index >= 15 is 0 Å². The van der Waals surface area contributed by atoms with E-state index in [0.29, 0.717) is 18.3 Å². The van der Waals surface area contributed by atoms with Crippen LogP contribution in [0.25, 0.3) is 0 Å². The van der Waals surface area contributed by atoms with Crippen molar-refractivity contribution >= 4 is 0 Å². The van der Waals surface area contributed by atoms with Crippen LogP contribution in [0.1, 0.15) is 30.7 Å². The maximum absolute atomic E-state index is 13.8. The van der Waals surface area contributed by atoms with Gasteiger partial charge in [0.05, 0.1) is 0 Å². The maximum atomic E-state index is 13.8. The average molecular weight is 288 g/mol. The van der Waals surface area contributed by atoms with Crippen molar-refractivity contribution in [2.75, 3.05) is 0 Å². The Labute approximate surface area is 125 Å². The van der Waals surface area contributed by atoms with Crippen molar-refractivity contribution in [1.29, 1.82) is 0 Å². The predicted molar refractivity (Wildman–Crippen MR) is 82.2 cm³/mol. The van der Waals surface area contributed by atoms with Crippen molar-refractivity contribution < 1.29 is 9.13 Å². The molecule has 1 heterocycles. The number of rotatable bonds is 5. The van der Waals surface area contributed by atoms with Crippen molar-refractivity contribution in [1.82, 2.24) is 10.3 Å². The van der Waals surface area contributed by atoms with Crippen LogP contribution in [-0.2, 0) is 6.54 Å². The lowest BCUT2D eigenvalue weighted by molar-refractivity contribution is 0.432. The fourth-order valence-corrected chi connectivity index (χ4v) is 1.91. The summed E-state index contributed by atoms with van der Waals surface area (Å²) in [7, 11) is 0. The Morgan fingerprint density at radius 3 is 2.67 bits per heavy atom. The highest BCUT2D eigenvalue weighted by Crippen LogP contribution is 2.28. The van der Waals surface area contributed by atoms with Gasteiger partial charge in [-0.25, -0.2) is 4.39 Å². The van der Waals surface area contributed by atoms with Gasteiger partial charge in [0.1, 0.15) is 5.75 Å². The molecule has 0 bridgehead atoms. The van der Waals surface area contributed by atoms with Gasteiger partial charge >= 0.3 is 0 Å². The maximum Gasteiger partial charge on any atom is 0.165 e. The Bertz CT molecular complexity index is 626. The summed E-state index contributed by atoms with van der Waals surface area (Å²) in [5.41, 5.74) is 2.71. The van der Waals surface area contributed by atoms with Gasteiger partial charge in [0, 0.05) is 36.1 Å². The summed E-state index contributed by atoms with van der Waals surface area (Å²) >= 11 is 0. The van der Waals surface area contributed by atoms with E-state index in [-0.39, 0.29) is 11.6 Å². The molecule has 0 saturated heterocycles. The van der Waals surface area contributed by atoms with Crippen LogP contribution in [-0.4, -0.2) is 11.0 Å². The smallest absolute Gasteiger partial charge is 0.165 e. The largest absolute Gasteiger partial charge is 0.454 e. The first-order valence-corrected chi connectivity index (χ1v) is 7.08. The quantitative estimate of drug-likeness (QED) is 0.898. The Morgan fingerprint density at radius 1 is 1.19 bits per heavy atom. The van der Waals surface area contributed by atoms with Gasteiger partial charge in [-0.1, -0.05) is 19.9 Å². The highest BCUT2D eigenvalue weighted by atomic mass is 19.1. The van der Waals surface area contributed by atoms with Crippen molar-refractivity contribution in [2.45, 2.75) is 40.3 Å². The second kappa shape index (κ2) is 6.68.